The van der Waals surface area contributed by atoms with Gasteiger partial charge in [-0.15, -0.1) is 11.8 Å². The zero-order chi connectivity index (χ0) is 11.5. The van der Waals surface area contributed by atoms with Crippen LogP contribution >= 0.6 is 23.4 Å². The lowest BCUT2D eigenvalue weighted by Crippen LogP contribution is -2.05. The summed E-state index contributed by atoms with van der Waals surface area (Å²) in [5.74, 6) is 1.09. The zero-order valence-electron chi connectivity index (χ0n) is 9.51. The third-order valence-electron chi connectivity index (χ3n) is 2.08. The van der Waals surface area contributed by atoms with Gasteiger partial charge in [0.2, 0.25) is 0 Å². The minimum absolute atomic E-state index is 0.383. The fraction of sp³-hybridized carbons (Fsp3) is 0.500. The van der Waals surface area contributed by atoms with Crippen molar-refractivity contribution in [1.82, 2.24) is 0 Å². The molecule has 0 aliphatic heterocycles. The van der Waals surface area contributed by atoms with Gasteiger partial charge < -0.3 is 5.73 Å². The van der Waals surface area contributed by atoms with Crippen LogP contribution in [0.25, 0.3) is 0 Å². The average Bonchev–Trinajstić information content (AvgIpc) is 2.07. The summed E-state index contributed by atoms with van der Waals surface area (Å²) in [4.78, 5) is 1.13. The molecule has 84 valence electrons. The normalized spacial score (nSPS) is 11.7. The number of thioether (sulfide) groups is 1. The monoisotopic (exact) mass is 243 g/mol. The quantitative estimate of drug-likeness (QED) is 0.627. The molecule has 0 spiro atoms. The van der Waals surface area contributed by atoms with Crippen molar-refractivity contribution >= 4 is 29.1 Å². The molecule has 1 nitrogen and oxygen atoms in total. The van der Waals surface area contributed by atoms with Crippen molar-refractivity contribution < 1.29 is 0 Å². The van der Waals surface area contributed by atoms with E-state index in [9.17, 15) is 0 Å². The van der Waals surface area contributed by atoms with E-state index in [-0.39, 0.29) is 0 Å². The van der Waals surface area contributed by atoms with E-state index in [1.165, 1.54) is 6.42 Å². The fourth-order valence-electron chi connectivity index (χ4n) is 1.12. The first kappa shape index (κ1) is 12.7. The van der Waals surface area contributed by atoms with Gasteiger partial charge in [-0.05, 0) is 35.8 Å². The van der Waals surface area contributed by atoms with E-state index in [1.54, 1.807) is 17.8 Å². The predicted octanol–water partition coefficient (Wildman–Crippen LogP) is 4.45. The number of nitrogen functional groups attached to an aromatic ring is 1. The smallest absolute Gasteiger partial charge is 0.0467 e. The Kier molecular flexibility index (Phi) is 4.35. The van der Waals surface area contributed by atoms with Crippen molar-refractivity contribution in [2.24, 2.45) is 5.41 Å². The Balaban J connectivity index is 2.51. The second kappa shape index (κ2) is 5.13. The van der Waals surface area contributed by atoms with E-state index in [2.05, 4.69) is 20.8 Å². The van der Waals surface area contributed by atoms with E-state index in [0.717, 1.165) is 16.3 Å². The van der Waals surface area contributed by atoms with Gasteiger partial charge in [-0.3, -0.25) is 0 Å². The van der Waals surface area contributed by atoms with Crippen LogP contribution in [0.5, 0.6) is 0 Å². The lowest BCUT2D eigenvalue weighted by molar-refractivity contribution is 0.401. The Morgan fingerprint density at radius 2 is 2.00 bits per heavy atom. The van der Waals surface area contributed by atoms with Crippen LogP contribution in [-0.2, 0) is 0 Å². The fourth-order valence-corrected chi connectivity index (χ4v) is 2.62. The number of hydrogen-bond donors (Lipinski definition) is 1. The van der Waals surface area contributed by atoms with Gasteiger partial charge in [0.15, 0.2) is 0 Å². The molecule has 15 heavy (non-hydrogen) atoms. The second-order valence-corrected chi connectivity index (χ2v) is 6.41. The van der Waals surface area contributed by atoms with Crippen molar-refractivity contribution in [2.45, 2.75) is 32.1 Å². The number of benzene rings is 1. The zero-order valence-corrected chi connectivity index (χ0v) is 11.1. The lowest BCUT2D eigenvalue weighted by Gasteiger charge is -2.17. The molecular weight excluding hydrogens is 226 g/mol. The van der Waals surface area contributed by atoms with Crippen LogP contribution in [0.1, 0.15) is 27.2 Å². The maximum atomic E-state index is 5.87. The van der Waals surface area contributed by atoms with Gasteiger partial charge in [-0.25, -0.2) is 0 Å². The summed E-state index contributed by atoms with van der Waals surface area (Å²) in [7, 11) is 0. The molecule has 1 aromatic carbocycles. The first-order valence-corrected chi connectivity index (χ1v) is 6.43. The highest BCUT2D eigenvalue weighted by atomic mass is 35.5. The Morgan fingerprint density at radius 1 is 1.33 bits per heavy atom. The van der Waals surface area contributed by atoms with Gasteiger partial charge in [0, 0.05) is 15.6 Å². The van der Waals surface area contributed by atoms with Gasteiger partial charge in [-0.1, -0.05) is 32.4 Å². The molecule has 3 heteroatoms. The summed E-state index contributed by atoms with van der Waals surface area (Å²) >= 11 is 7.63. The number of halogens is 1. The average molecular weight is 244 g/mol. The van der Waals surface area contributed by atoms with Crippen molar-refractivity contribution in [3.8, 4) is 0 Å². The Labute approximate surface area is 101 Å². The summed E-state index contributed by atoms with van der Waals surface area (Å²) in [6.45, 7) is 6.75. The molecule has 2 N–H and O–H groups in total. The van der Waals surface area contributed by atoms with E-state index in [4.69, 9.17) is 17.3 Å². The SMILES string of the molecule is CC(C)(C)CCSc1ccc(Cl)cc1N. The molecule has 0 aliphatic carbocycles. The molecule has 0 aliphatic rings. The molecule has 0 bridgehead atoms. The summed E-state index contributed by atoms with van der Waals surface area (Å²) in [5.41, 5.74) is 7.03. The van der Waals surface area contributed by atoms with E-state index in [1.807, 2.05) is 12.1 Å². The molecule has 0 amide bonds. The van der Waals surface area contributed by atoms with Crippen molar-refractivity contribution in [3.63, 3.8) is 0 Å². The largest absolute Gasteiger partial charge is 0.398 e. The molecule has 0 radical (unpaired) electrons. The van der Waals surface area contributed by atoms with E-state index < -0.39 is 0 Å². The standard InChI is InChI=1S/C12H18ClNS/c1-12(2,3)6-7-15-11-5-4-9(13)8-10(11)14/h4-5,8H,6-7,14H2,1-3H3. The van der Waals surface area contributed by atoms with Crippen molar-refractivity contribution in [2.75, 3.05) is 11.5 Å². The molecule has 1 rings (SSSR count). The number of nitrogens with two attached hydrogens (primary N) is 1. The molecule has 0 aromatic heterocycles. The van der Waals surface area contributed by atoms with Crippen LogP contribution < -0.4 is 5.73 Å². The van der Waals surface area contributed by atoms with Crippen LogP contribution in [0.2, 0.25) is 5.02 Å². The number of anilines is 1. The summed E-state index contributed by atoms with van der Waals surface area (Å²) in [6, 6.07) is 5.68. The first-order valence-electron chi connectivity index (χ1n) is 5.06. The van der Waals surface area contributed by atoms with Gasteiger partial charge in [0.1, 0.15) is 0 Å². The first-order chi connectivity index (χ1) is 6.88. The van der Waals surface area contributed by atoms with Crippen LogP contribution in [0.3, 0.4) is 0 Å². The maximum Gasteiger partial charge on any atom is 0.0467 e. The molecule has 0 saturated heterocycles. The highest BCUT2D eigenvalue weighted by molar-refractivity contribution is 7.99. The molecule has 0 atom stereocenters. The van der Waals surface area contributed by atoms with Crippen LogP contribution in [0.15, 0.2) is 23.1 Å². The van der Waals surface area contributed by atoms with E-state index in [0.29, 0.717) is 10.4 Å². The Hall–Kier alpha value is -0.340. The number of hydrogen-bond acceptors (Lipinski definition) is 2. The molecule has 0 fully saturated rings. The molecule has 0 unspecified atom stereocenters. The van der Waals surface area contributed by atoms with Gasteiger partial charge >= 0.3 is 0 Å². The second-order valence-electron chi connectivity index (χ2n) is 4.84. The van der Waals surface area contributed by atoms with Crippen LogP contribution in [0.4, 0.5) is 5.69 Å². The predicted molar refractivity (Wildman–Crippen MR) is 70.7 cm³/mol. The third kappa shape index (κ3) is 4.80. The molecule has 1 aromatic rings. The van der Waals surface area contributed by atoms with Crippen molar-refractivity contribution in [3.05, 3.63) is 23.2 Å². The van der Waals surface area contributed by atoms with Crippen LogP contribution in [-0.4, -0.2) is 5.75 Å². The lowest BCUT2D eigenvalue weighted by atomic mass is 9.94. The van der Waals surface area contributed by atoms with Gasteiger partial charge in [-0.2, -0.15) is 0 Å². The minimum Gasteiger partial charge on any atom is -0.398 e. The topological polar surface area (TPSA) is 26.0 Å². The minimum atomic E-state index is 0.383. The molecule has 0 heterocycles. The highest BCUT2D eigenvalue weighted by Gasteiger charge is 2.10. The summed E-state index contributed by atoms with van der Waals surface area (Å²) in [5, 5.41) is 0.702. The van der Waals surface area contributed by atoms with Gasteiger partial charge in [0.05, 0.1) is 0 Å². The number of rotatable bonds is 3. The maximum absolute atomic E-state index is 5.87. The highest BCUT2D eigenvalue weighted by Crippen LogP contribution is 2.30. The summed E-state index contributed by atoms with van der Waals surface area (Å²) in [6.07, 6.45) is 1.18. The Morgan fingerprint density at radius 3 is 2.53 bits per heavy atom. The molecule has 0 saturated carbocycles. The Bertz CT molecular complexity index is 331. The van der Waals surface area contributed by atoms with Crippen LogP contribution in [0, 0.1) is 5.41 Å². The van der Waals surface area contributed by atoms with E-state index >= 15 is 0 Å². The van der Waals surface area contributed by atoms with Crippen molar-refractivity contribution in [1.29, 1.82) is 0 Å². The third-order valence-corrected chi connectivity index (χ3v) is 3.41. The summed E-state index contributed by atoms with van der Waals surface area (Å²) < 4.78 is 0. The van der Waals surface area contributed by atoms with Gasteiger partial charge in [0.25, 0.3) is 0 Å². The molecular formula is C12H18ClNS.